The number of hydrogen-bond acceptors (Lipinski definition) is 7. The Hall–Kier alpha value is -2.78. The zero-order chi connectivity index (χ0) is 29.4. The van der Waals surface area contributed by atoms with Crippen molar-refractivity contribution in [1.29, 1.82) is 0 Å². The van der Waals surface area contributed by atoms with Crippen molar-refractivity contribution in [2.75, 3.05) is 20.3 Å². The van der Waals surface area contributed by atoms with Gasteiger partial charge in [-0.05, 0) is 35.2 Å². The standard InChI is InChI=1S/C35H46O7/c1-3-4-5-6-13-22-38-33-32(39-25-29-18-20-30(37-2)21-19-29)31(23-36)42-35(41-26-28-16-11-8-12-17-28)34(33)40-24-27-14-9-7-10-15-27/h7-12,14-21,31-36H,3-6,13,22-26H2,1-2H3/t31-,32-,33+,34-,35+/m1/s1. The van der Waals surface area contributed by atoms with E-state index in [-0.39, 0.29) is 6.61 Å². The summed E-state index contributed by atoms with van der Waals surface area (Å²) in [6.45, 7) is 3.57. The van der Waals surface area contributed by atoms with Crippen molar-refractivity contribution >= 4 is 0 Å². The summed E-state index contributed by atoms with van der Waals surface area (Å²) in [6.07, 6.45) is 2.58. The topological polar surface area (TPSA) is 75.6 Å². The van der Waals surface area contributed by atoms with E-state index in [1.807, 2.05) is 84.9 Å². The Labute approximate surface area is 250 Å². The van der Waals surface area contributed by atoms with Crippen molar-refractivity contribution < 1.29 is 33.5 Å². The van der Waals surface area contributed by atoms with Crippen LogP contribution in [0.25, 0.3) is 0 Å². The van der Waals surface area contributed by atoms with Gasteiger partial charge in [-0.1, -0.05) is 105 Å². The molecule has 1 saturated heterocycles. The zero-order valence-corrected chi connectivity index (χ0v) is 24.9. The normalized spacial score (nSPS) is 22.2. The summed E-state index contributed by atoms with van der Waals surface area (Å²) in [7, 11) is 1.65. The van der Waals surface area contributed by atoms with E-state index in [2.05, 4.69) is 6.92 Å². The predicted molar refractivity (Wildman–Crippen MR) is 162 cm³/mol. The fraction of sp³-hybridized carbons (Fsp3) is 0.486. The molecule has 228 valence electrons. The van der Waals surface area contributed by atoms with Gasteiger partial charge in [0.25, 0.3) is 0 Å². The maximum Gasteiger partial charge on any atom is 0.187 e. The molecule has 0 unspecified atom stereocenters. The highest BCUT2D eigenvalue weighted by Gasteiger charge is 2.48. The smallest absolute Gasteiger partial charge is 0.187 e. The first-order valence-electron chi connectivity index (χ1n) is 15.1. The molecule has 1 aliphatic rings. The fourth-order valence-electron chi connectivity index (χ4n) is 5.09. The molecular formula is C35H46O7. The number of unbranched alkanes of at least 4 members (excludes halogenated alkanes) is 4. The van der Waals surface area contributed by atoms with Crippen LogP contribution < -0.4 is 4.74 Å². The molecule has 0 spiro atoms. The maximum absolute atomic E-state index is 10.4. The highest BCUT2D eigenvalue weighted by molar-refractivity contribution is 5.26. The van der Waals surface area contributed by atoms with Crippen molar-refractivity contribution in [3.63, 3.8) is 0 Å². The summed E-state index contributed by atoms with van der Waals surface area (Å²) in [5, 5.41) is 10.4. The molecule has 1 aliphatic heterocycles. The quantitative estimate of drug-likeness (QED) is 0.174. The molecule has 1 fully saturated rings. The van der Waals surface area contributed by atoms with Crippen LogP contribution in [0, 0.1) is 0 Å². The molecule has 0 aromatic heterocycles. The van der Waals surface area contributed by atoms with Gasteiger partial charge >= 0.3 is 0 Å². The third-order valence-corrected chi connectivity index (χ3v) is 7.47. The summed E-state index contributed by atoms with van der Waals surface area (Å²) in [5.74, 6) is 0.782. The van der Waals surface area contributed by atoms with E-state index >= 15 is 0 Å². The number of aliphatic hydroxyl groups excluding tert-OH is 1. The van der Waals surface area contributed by atoms with Gasteiger partial charge in [-0.3, -0.25) is 0 Å². The molecule has 3 aromatic rings. The average Bonchev–Trinajstić information content (AvgIpc) is 3.05. The summed E-state index contributed by atoms with van der Waals surface area (Å²) >= 11 is 0. The Morgan fingerprint density at radius 3 is 1.79 bits per heavy atom. The Balaban J connectivity index is 1.54. The van der Waals surface area contributed by atoms with Gasteiger partial charge in [-0.25, -0.2) is 0 Å². The maximum atomic E-state index is 10.4. The summed E-state index contributed by atoms with van der Waals surface area (Å²) in [6, 6.07) is 27.7. The molecule has 7 nitrogen and oxygen atoms in total. The van der Waals surface area contributed by atoms with E-state index in [1.54, 1.807) is 7.11 Å². The van der Waals surface area contributed by atoms with Crippen LogP contribution in [0.1, 0.15) is 55.7 Å². The van der Waals surface area contributed by atoms with E-state index in [0.717, 1.165) is 35.3 Å². The van der Waals surface area contributed by atoms with Crippen molar-refractivity contribution in [1.82, 2.24) is 0 Å². The minimum Gasteiger partial charge on any atom is -0.497 e. The van der Waals surface area contributed by atoms with Crippen LogP contribution in [-0.2, 0) is 43.5 Å². The fourth-order valence-corrected chi connectivity index (χ4v) is 5.09. The lowest BCUT2D eigenvalue weighted by molar-refractivity contribution is -0.327. The highest BCUT2D eigenvalue weighted by atomic mass is 16.7. The number of hydrogen-bond donors (Lipinski definition) is 1. The molecule has 0 aliphatic carbocycles. The molecule has 4 rings (SSSR count). The van der Waals surface area contributed by atoms with Gasteiger partial charge in [0, 0.05) is 6.61 Å². The molecule has 0 bridgehead atoms. The Morgan fingerprint density at radius 2 is 1.19 bits per heavy atom. The van der Waals surface area contributed by atoms with Crippen molar-refractivity contribution in [2.45, 2.75) is 89.6 Å². The Bertz CT molecular complexity index is 1110. The second-order valence-electron chi connectivity index (χ2n) is 10.7. The highest BCUT2D eigenvalue weighted by Crippen LogP contribution is 2.31. The molecule has 0 radical (unpaired) electrons. The molecule has 1 heterocycles. The van der Waals surface area contributed by atoms with Gasteiger partial charge in [-0.15, -0.1) is 0 Å². The molecule has 3 aromatic carbocycles. The number of benzene rings is 3. The molecule has 42 heavy (non-hydrogen) atoms. The third-order valence-electron chi connectivity index (χ3n) is 7.47. The van der Waals surface area contributed by atoms with Gasteiger partial charge in [0.05, 0.1) is 33.5 Å². The van der Waals surface area contributed by atoms with Crippen LogP contribution >= 0.6 is 0 Å². The predicted octanol–water partition coefficient (Wildman–Crippen LogP) is 6.46. The monoisotopic (exact) mass is 578 g/mol. The van der Waals surface area contributed by atoms with Gasteiger partial charge in [0.15, 0.2) is 6.29 Å². The molecule has 0 saturated carbocycles. The summed E-state index contributed by atoms with van der Waals surface area (Å²) in [4.78, 5) is 0. The lowest BCUT2D eigenvalue weighted by atomic mass is 9.98. The van der Waals surface area contributed by atoms with Crippen molar-refractivity contribution in [2.24, 2.45) is 0 Å². The SMILES string of the molecule is CCCCCCCO[C@@H]1[C@@H](OCc2ccccc2)[C@@H](OCc2ccccc2)O[C@H](CO)[C@H]1OCc1ccc(OC)cc1. The number of ether oxygens (including phenoxy) is 6. The minimum atomic E-state index is -0.753. The largest absolute Gasteiger partial charge is 0.497 e. The van der Waals surface area contributed by atoms with Gasteiger partial charge < -0.3 is 33.5 Å². The first-order valence-corrected chi connectivity index (χ1v) is 15.1. The number of rotatable bonds is 18. The first kappa shape index (κ1) is 32.1. The minimum absolute atomic E-state index is 0.236. The Kier molecular flexibility index (Phi) is 13.8. The van der Waals surface area contributed by atoms with E-state index in [1.165, 1.54) is 19.3 Å². The third kappa shape index (κ3) is 9.90. The van der Waals surface area contributed by atoms with E-state index < -0.39 is 30.7 Å². The van der Waals surface area contributed by atoms with Gasteiger partial charge in [0.1, 0.15) is 30.2 Å². The lowest BCUT2D eigenvalue weighted by Crippen LogP contribution is -2.61. The summed E-state index contributed by atoms with van der Waals surface area (Å²) < 4.78 is 37.5. The van der Waals surface area contributed by atoms with Crippen LogP contribution in [0.15, 0.2) is 84.9 Å². The van der Waals surface area contributed by atoms with Gasteiger partial charge in [0.2, 0.25) is 0 Å². The average molecular weight is 579 g/mol. The van der Waals surface area contributed by atoms with E-state index in [0.29, 0.717) is 26.4 Å². The second kappa shape index (κ2) is 18.0. The Morgan fingerprint density at radius 1 is 0.619 bits per heavy atom. The van der Waals surface area contributed by atoms with Crippen LogP contribution in [0.3, 0.4) is 0 Å². The molecular weight excluding hydrogens is 532 g/mol. The lowest BCUT2D eigenvalue weighted by Gasteiger charge is -2.45. The van der Waals surface area contributed by atoms with E-state index in [9.17, 15) is 5.11 Å². The van der Waals surface area contributed by atoms with Crippen molar-refractivity contribution in [3.05, 3.63) is 102 Å². The molecule has 0 amide bonds. The molecule has 5 atom stereocenters. The zero-order valence-electron chi connectivity index (χ0n) is 24.9. The first-order chi connectivity index (χ1) is 20.7. The number of methoxy groups -OCH3 is 1. The summed E-state index contributed by atoms with van der Waals surface area (Å²) in [5.41, 5.74) is 3.04. The van der Waals surface area contributed by atoms with Gasteiger partial charge in [-0.2, -0.15) is 0 Å². The molecule has 7 heteroatoms. The van der Waals surface area contributed by atoms with Crippen molar-refractivity contribution in [3.8, 4) is 5.75 Å². The van der Waals surface area contributed by atoms with Crippen LogP contribution in [0.4, 0.5) is 0 Å². The van der Waals surface area contributed by atoms with Crippen LogP contribution in [0.2, 0.25) is 0 Å². The second-order valence-corrected chi connectivity index (χ2v) is 10.7. The molecule has 1 N–H and O–H groups in total. The van der Waals surface area contributed by atoms with Crippen LogP contribution in [-0.4, -0.2) is 56.1 Å². The van der Waals surface area contributed by atoms with E-state index in [4.69, 9.17) is 28.4 Å². The van der Waals surface area contributed by atoms with Crippen LogP contribution in [0.5, 0.6) is 5.75 Å². The number of aliphatic hydroxyl groups is 1.